The number of hydrogen-bond donors (Lipinski definition) is 1. The number of carbonyl (C=O) groups excluding carboxylic acids is 1. The maximum atomic E-state index is 11.7. The van der Waals surface area contributed by atoms with E-state index in [1.165, 1.54) is 12.8 Å². The maximum absolute atomic E-state index is 11.7. The second-order valence-electron chi connectivity index (χ2n) is 6.16. The monoisotopic (exact) mass is 397 g/mol. The molecule has 0 aliphatic carbocycles. The standard InChI is InChI=1S/C14H27N3O2.HI/c1-11-6-8-17(9-7-11)13(15-5)16-10-12(18)19-14(2,3)4;/h11H,6-10H2,1-5H3,(H,15,16);1H. The van der Waals surface area contributed by atoms with Gasteiger partial charge >= 0.3 is 5.97 Å². The molecule has 0 saturated carbocycles. The summed E-state index contributed by atoms with van der Waals surface area (Å²) in [5.41, 5.74) is -0.442. The van der Waals surface area contributed by atoms with Gasteiger partial charge in [0.2, 0.25) is 0 Å². The number of esters is 1. The van der Waals surface area contributed by atoms with Crippen LogP contribution in [0.1, 0.15) is 40.5 Å². The van der Waals surface area contributed by atoms with Crippen molar-refractivity contribution in [2.45, 2.75) is 46.1 Å². The minimum Gasteiger partial charge on any atom is -0.459 e. The number of nitrogens with zero attached hydrogens (tertiary/aromatic N) is 2. The number of carbonyl (C=O) groups is 1. The molecule has 0 spiro atoms. The van der Waals surface area contributed by atoms with Crippen molar-refractivity contribution in [3.05, 3.63) is 0 Å². The first-order valence-corrected chi connectivity index (χ1v) is 6.99. The zero-order valence-electron chi connectivity index (χ0n) is 13.2. The van der Waals surface area contributed by atoms with Crippen LogP contribution in [0, 0.1) is 5.92 Å². The summed E-state index contributed by atoms with van der Waals surface area (Å²) in [5, 5.41) is 3.08. The molecule has 1 fully saturated rings. The summed E-state index contributed by atoms with van der Waals surface area (Å²) in [6.45, 7) is 10.0. The summed E-state index contributed by atoms with van der Waals surface area (Å²) in [4.78, 5) is 18.1. The second kappa shape index (κ2) is 8.69. The fourth-order valence-electron chi connectivity index (χ4n) is 2.08. The summed E-state index contributed by atoms with van der Waals surface area (Å²) in [5.74, 6) is 1.32. The lowest BCUT2D eigenvalue weighted by Crippen LogP contribution is -2.47. The molecule has 6 heteroatoms. The van der Waals surface area contributed by atoms with Crippen molar-refractivity contribution in [1.29, 1.82) is 0 Å². The van der Waals surface area contributed by atoms with Crippen molar-refractivity contribution in [1.82, 2.24) is 10.2 Å². The molecule has 118 valence electrons. The number of guanidine groups is 1. The number of aliphatic imine (C=N–C) groups is 1. The third kappa shape index (κ3) is 7.31. The Kier molecular flexibility index (Phi) is 8.46. The van der Waals surface area contributed by atoms with E-state index in [2.05, 4.69) is 22.1 Å². The molecule has 1 rings (SSSR count). The van der Waals surface area contributed by atoms with Gasteiger partial charge in [0.25, 0.3) is 0 Å². The fraction of sp³-hybridized carbons (Fsp3) is 0.857. The highest BCUT2D eigenvalue weighted by Gasteiger charge is 2.20. The van der Waals surface area contributed by atoms with E-state index in [1.54, 1.807) is 7.05 Å². The second-order valence-corrected chi connectivity index (χ2v) is 6.16. The van der Waals surface area contributed by atoms with Gasteiger partial charge in [-0.2, -0.15) is 0 Å². The molecule has 0 unspecified atom stereocenters. The molecule has 0 aromatic carbocycles. The van der Waals surface area contributed by atoms with E-state index in [-0.39, 0.29) is 36.5 Å². The molecular formula is C14H28IN3O2. The van der Waals surface area contributed by atoms with Crippen molar-refractivity contribution >= 4 is 35.9 Å². The van der Waals surface area contributed by atoms with E-state index in [4.69, 9.17) is 4.74 Å². The minimum absolute atomic E-state index is 0. The van der Waals surface area contributed by atoms with E-state index < -0.39 is 5.60 Å². The van der Waals surface area contributed by atoms with E-state index >= 15 is 0 Å². The molecule has 0 atom stereocenters. The number of rotatable bonds is 2. The Morgan fingerprint density at radius 1 is 1.35 bits per heavy atom. The van der Waals surface area contributed by atoms with Crippen LogP contribution in [0.25, 0.3) is 0 Å². The normalized spacial score (nSPS) is 17.4. The van der Waals surface area contributed by atoms with Gasteiger partial charge in [-0.25, -0.2) is 0 Å². The molecule has 0 aromatic heterocycles. The molecule has 0 radical (unpaired) electrons. The van der Waals surface area contributed by atoms with Crippen LogP contribution in [0.2, 0.25) is 0 Å². The molecule has 1 saturated heterocycles. The number of likely N-dealkylation sites (tertiary alicyclic amines) is 1. The molecule has 1 aliphatic rings. The Morgan fingerprint density at radius 3 is 2.35 bits per heavy atom. The minimum atomic E-state index is -0.442. The Morgan fingerprint density at radius 2 is 1.90 bits per heavy atom. The number of piperidine rings is 1. The van der Waals surface area contributed by atoms with Crippen LogP contribution in [-0.4, -0.2) is 49.1 Å². The van der Waals surface area contributed by atoms with Gasteiger partial charge in [-0.3, -0.25) is 9.79 Å². The van der Waals surface area contributed by atoms with Crippen LogP contribution < -0.4 is 5.32 Å². The third-order valence-electron chi connectivity index (χ3n) is 3.11. The fourth-order valence-corrected chi connectivity index (χ4v) is 2.08. The number of ether oxygens (including phenoxy) is 1. The van der Waals surface area contributed by atoms with Gasteiger partial charge in [0.1, 0.15) is 12.1 Å². The number of nitrogens with one attached hydrogen (secondary N) is 1. The predicted octanol–water partition coefficient (Wildman–Crippen LogP) is 2.25. The zero-order chi connectivity index (χ0) is 14.5. The summed E-state index contributed by atoms with van der Waals surface area (Å²) >= 11 is 0. The lowest BCUT2D eigenvalue weighted by molar-refractivity contribution is -0.153. The molecule has 1 heterocycles. The van der Waals surface area contributed by atoms with E-state index in [1.807, 2.05) is 20.8 Å². The van der Waals surface area contributed by atoms with Crippen LogP contribution in [-0.2, 0) is 9.53 Å². The van der Waals surface area contributed by atoms with Crippen LogP contribution in [0.4, 0.5) is 0 Å². The molecule has 1 aliphatic heterocycles. The van der Waals surface area contributed by atoms with Crippen molar-refractivity contribution in [3.63, 3.8) is 0 Å². The van der Waals surface area contributed by atoms with Gasteiger partial charge in [-0.1, -0.05) is 6.92 Å². The average molecular weight is 397 g/mol. The quantitative estimate of drug-likeness (QED) is 0.336. The molecule has 0 aromatic rings. The van der Waals surface area contributed by atoms with Crippen molar-refractivity contribution in [2.75, 3.05) is 26.7 Å². The van der Waals surface area contributed by atoms with Gasteiger partial charge in [0, 0.05) is 20.1 Å². The van der Waals surface area contributed by atoms with E-state index in [0.29, 0.717) is 0 Å². The first-order valence-electron chi connectivity index (χ1n) is 6.99. The largest absolute Gasteiger partial charge is 0.459 e. The Hall–Kier alpha value is -0.530. The first-order chi connectivity index (χ1) is 8.81. The van der Waals surface area contributed by atoms with Crippen LogP contribution in [0.3, 0.4) is 0 Å². The SMILES string of the molecule is CN=C(NCC(=O)OC(C)(C)C)N1CCC(C)CC1.I. The lowest BCUT2D eigenvalue weighted by Gasteiger charge is -2.32. The number of halogens is 1. The van der Waals surface area contributed by atoms with E-state index in [9.17, 15) is 4.79 Å². The van der Waals surface area contributed by atoms with Crippen molar-refractivity contribution in [2.24, 2.45) is 10.9 Å². The highest BCUT2D eigenvalue weighted by atomic mass is 127. The summed E-state index contributed by atoms with van der Waals surface area (Å²) in [6, 6.07) is 0. The van der Waals surface area contributed by atoms with Crippen LogP contribution in [0.15, 0.2) is 4.99 Å². The molecular weight excluding hydrogens is 369 g/mol. The van der Waals surface area contributed by atoms with Crippen molar-refractivity contribution in [3.8, 4) is 0 Å². The number of hydrogen-bond acceptors (Lipinski definition) is 3. The first kappa shape index (κ1) is 19.5. The van der Waals surface area contributed by atoms with Gasteiger partial charge in [0.05, 0.1) is 0 Å². The highest BCUT2D eigenvalue weighted by Crippen LogP contribution is 2.15. The van der Waals surface area contributed by atoms with Crippen LogP contribution in [0.5, 0.6) is 0 Å². The molecule has 5 nitrogen and oxygen atoms in total. The summed E-state index contributed by atoms with van der Waals surface area (Å²) in [6.07, 6.45) is 2.35. The Bertz CT molecular complexity index is 332. The van der Waals surface area contributed by atoms with Gasteiger partial charge in [-0.05, 0) is 39.5 Å². The van der Waals surface area contributed by atoms with Gasteiger partial charge < -0.3 is 15.0 Å². The molecule has 0 bridgehead atoms. The van der Waals surface area contributed by atoms with Crippen molar-refractivity contribution < 1.29 is 9.53 Å². The molecule has 1 N–H and O–H groups in total. The predicted molar refractivity (Wildman–Crippen MR) is 92.6 cm³/mol. The van der Waals surface area contributed by atoms with Crippen LogP contribution >= 0.6 is 24.0 Å². The highest BCUT2D eigenvalue weighted by molar-refractivity contribution is 14.0. The Balaban J connectivity index is 0.00000361. The van der Waals surface area contributed by atoms with E-state index in [0.717, 1.165) is 25.0 Å². The molecule has 0 amide bonds. The summed E-state index contributed by atoms with van der Waals surface area (Å²) < 4.78 is 5.26. The smallest absolute Gasteiger partial charge is 0.325 e. The topological polar surface area (TPSA) is 53.9 Å². The Labute approximate surface area is 139 Å². The average Bonchev–Trinajstić information content (AvgIpc) is 2.29. The lowest BCUT2D eigenvalue weighted by atomic mass is 10.00. The third-order valence-corrected chi connectivity index (χ3v) is 3.11. The van der Waals surface area contributed by atoms with Gasteiger partial charge in [-0.15, -0.1) is 24.0 Å². The zero-order valence-corrected chi connectivity index (χ0v) is 15.6. The summed E-state index contributed by atoms with van der Waals surface area (Å²) in [7, 11) is 1.75. The van der Waals surface area contributed by atoms with Gasteiger partial charge in [0.15, 0.2) is 5.96 Å². The maximum Gasteiger partial charge on any atom is 0.325 e. The molecule has 20 heavy (non-hydrogen) atoms.